The number of nitrogens with one attached hydrogen (secondary N) is 1. The molecule has 2 unspecified atom stereocenters. The summed E-state index contributed by atoms with van der Waals surface area (Å²) in [6, 6.07) is 11.7. The first kappa shape index (κ1) is 15.0. The van der Waals surface area contributed by atoms with Crippen LogP contribution in [-0.4, -0.2) is 41.3 Å². The molecule has 1 aliphatic carbocycles. The summed E-state index contributed by atoms with van der Waals surface area (Å²) >= 11 is 0. The van der Waals surface area contributed by atoms with Crippen LogP contribution in [0.3, 0.4) is 0 Å². The maximum Gasteiger partial charge on any atom is 0.0693 e. The Bertz CT molecular complexity index is 414. The predicted octanol–water partition coefficient (Wildman–Crippen LogP) is 2.54. The quantitative estimate of drug-likeness (QED) is 0.894. The lowest BCUT2D eigenvalue weighted by Gasteiger charge is -2.37. The summed E-state index contributed by atoms with van der Waals surface area (Å²) in [7, 11) is 0. The van der Waals surface area contributed by atoms with Gasteiger partial charge < -0.3 is 10.4 Å². The van der Waals surface area contributed by atoms with Gasteiger partial charge in [-0.1, -0.05) is 43.2 Å². The Morgan fingerprint density at radius 3 is 2.43 bits per heavy atom. The highest BCUT2D eigenvalue weighted by molar-refractivity contribution is 5.14. The molecule has 1 aromatic carbocycles. The van der Waals surface area contributed by atoms with Gasteiger partial charge in [0.1, 0.15) is 0 Å². The van der Waals surface area contributed by atoms with E-state index in [1.165, 1.54) is 31.2 Å². The van der Waals surface area contributed by atoms with Crippen molar-refractivity contribution in [3.8, 4) is 0 Å². The Labute approximate surface area is 128 Å². The first-order chi connectivity index (χ1) is 10.3. The molecule has 3 heteroatoms. The minimum absolute atomic E-state index is 0.124. The summed E-state index contributed by atoms with van der Waals surface area (Å²) in [6.07, 6.45) is 6.86. The van der Waals surface area contributed by atoms with Gasteiger partial charge in [-0.05, 0) is 44.3 Å². The van der Waals surface area contributed by atoms with Crippen LogP contribution in [0.5, 0.6) is 0 Å². The van der Waals surface area contributed by atoms with Crippen LogP contribution in [0, 0.1) is 0 Å². The molecular weight excluding hydrogens is 260 g/mol. The fraction of sp³-hybridized carbons (Fsp3) is 0.667. The molecule has 3 rings (SSSR count). The first-order valence-corrected chi connectivity index (χ1v) is 8.51. The molecule has 2 aliphatic rings. The number of piperidine rings is 1. The Balaban J connectivity index is 1.42. The fourth-order valence-electron chi connectivity index (χ4n) is 3.71. The number of aliphatic hydroxyl groups excluding tert-OH is 1. The summed E-state index contributed by atoms with van der Waals surface area (Å²) in [5, 5.41) is 13.8. The Morgan fingerprint density at radius 1 is 1.00 bits per heavy atom. The van der Waals surface area contributed by atoms with Gasteiger partial charge in [0, 0.05) is 18.6 Å². The third kappa shape index (κ3) is 4.29. The van der Waals surface area contributed by atoms with Crippen molar-refractivity contribution in [2.45, 2.75) is 63.3 Å². The van der Waals surface area contributed by atoms with Gasteiger partial charge in [0.2, 0.25) is 0 Å². The molecule has 1 aromatic rings. The average molecular weight is 288 g/mol. The second kappa shape index (κ2) is 7.39. The third-order valence-electron chi connectivity index (χ3n) is 5.02. The van der Waals surface area contributed by atoms with Crippen LogP contribution >= 0.6 is 0 Å². The van der Waals surface area contributed by atoms with Crippen molar-refractivity contribution < 1.29 is 5.11 Å². The molecule has 1 aliphatic heterocycles. The van der Waals surface area contributed by atoms with Gasteiger partial charge in [-0.15, -0.1) is 0 Å². The van der Waals surface area contributed by atoms with Crippen molar-refractivity contribution in [3.63, 3.8) is 0 Å². The van der Waals surface area contributed by atoms with Crippen molar-refractivity contribution in [1.82, 2.24) is 10.2 Å². The zero-order valence-electron chi connectivity index (χ0n) is 12.9. The van der Waals surface area contributed by atoms with Crippen LogP contribution in [0.25, 0.3) is 0 Å². The zero-order valence-corrected chi connectivity index (χ0v) is 12.9. The fourth-order valence-corrected chi connectivity index (χ4v) is 3.71. The van der Waals surface area contributed by atoms with E-state index in [2.05, 4.69) is 40.5 Å². The van der Waals surface area contributed by atoms with Gasteiger partial charge in [-0.2, -0.15) is 0 Å². The van der Waals surface area contributed by atoms with Gasteiger partial charge in [-0.25, -0.2) is 0 Å². The van der Waals surface area contributed by atoms with Gasteiger partial charge in [0.15, 0.2) is 0 Å². The Hall–Kier alpha value is -0.900. The van der Waals surface area contributed by atoms with Crippen LogP contribution in [-0.2, 0) is 6.54 Å². The number of hydrogen-bond acceptors (Lipinski definition) is 3. The predicted molar refractivity (Wildman–Crippen MR) is 86.1 cm³/mol. The van der Waals surface area contributed by atoms with E-state index in [4.69, 9.17) is 0 Å². The molecule has 1 saturated carbocycles. The molecular formula is C18H28N2O. The highest BCUT2D eigenvalue weighted by Gasteiger charge is 2.27. The number of rotatable bonds is 4. The van der Waals surface area contributed by atoms with Gasteiger partial charge in [-0.3, -0.25) is 4.90 Å². The van der Waals surface area contributed by atoms with Crippen LogP contribution < -0.4 is 5.32 Å². The van der Waals surface area contributed by atoms with E-state index in [9.17, 15) is 5.11 Å². The van der Waals surface area contributed by atoms with E-state index in [0.29, 0.717) is 12.1 Å². The summed E-state index contributed by atoms with van der Waals surface area (Å²) in [4.78, 5) is 2.55. The van der Waals surface area contributed by atoms with Gasteiger partial charge >= 0.3 is 0 Å². The molecule has 2 atom stereocenters. The van der Waals surface area contributed by atoms with Crippen molar-refractivity contribution in [1.29, 1.82) is 0 Å². The topological polar surface area (TPSA) is 35.5 Å². The maximum atomic E-state index is 10.1. The summed E-state index contributed by atoms with van der Waals surface area (Å²) in [5.41, 5.74) is 1.41. The number of aliphatic hydroxyl groups is 1. The first-order valence-electron chi connectivity index (χ1n) is 8.51. The molecule has 0 bridgehead atoms. The summed E-state index contributed by atoms with van der Waals surface area (Å²) in [5.74, 6) is 0. The van der Waals surface area contributed by atoms with E-state index in [1.807, 2.05) is 0 Å². The molecule has 2 fully saturated rings. The largest absolute Gasteiger partial charge is 0.392 e. The number of benzene rings is 1. The second-order valence-electron chi connectivity index (χ2n) is 6.66. The highest BCUT2D eigenvalue weighted by Crippen LogP contribution is 2.21. The third-order valence-corrected chi connectivity index (χ3v) is 5.02. The van der Waals surface area contributed by atoms with Crippen molar-refractivity contribution in [2.75, 3.05) is 13.1 Å². The Morgan fingerprint density at radius 2 is 1.71 bits per heavy atom. The van der Waals surface area contributed by atoms with Crippen LogP contribution in [0.4, 0.5) is 0 Å². The second-order valence-corrected chi connectivity index (χ2v) is 6.66. The van der Waals surface area contributed by atoms with Crippen LogP contribution in [0.1, 0.15) is 44.1 Å². The van der Waals surface area contributed by atoms with Crippen molar-refractivity contribution in [3.05, 3.63) is 35.9 Å². The molecule has 0 radical (unpaired) electrons. The molecule has 21 heavy (non-hydrogen) atoms. The van der Waals surface area contributed by atoms with E-state index < -0.39 is 0 Å². The SMILES string of the molecule is OC1CCCCC1NC1CCN(Cc2ccccc2)CC1. The number of nitrogens with zero attached hydrogens (tertiary/aromatic N) is 1. The molecule has 0 spiro atoms. The molecule has 0 aromatic heterocycles. The average Bonchev–Trinajstić information content (AvgIpc) is 2.52. The van der Waals surface area contributed by atoms with Crippen molar-refractivity contribution >= 4 is 0 Å². The summed E-state index contributed by atoms with van der Waals surface area (Å²) < 4.78 is 0. The van der Waals surface area contributed by atoms with Crippen LogP contribution in [0.15, 0.2) is 30.3 Å². The minimum atomic E-state index is -0.124. The van der Waals surface area contributed by atoms with E-state index in [-0.39, 0.29) is 6.10 Å². The lowest BCUT2D eigenvalue weighted by atomic mass is 9.91. The molecule has 2 N–H and O–H groups in total. The van der Waals surface area contributed by atoms with Crippen LogP contribution in [0.2, 0.25) is 0 Å². The molecule has 1 heterocycles. The Kier molecular flexibility index (Phi) is 5.28. The zero-order chi connectivity index (χ0) is 14.5. The maximum absolute atomic E-state index is 10.1. The lowest BCUT2D eigenvalue weighted by Crippen LogP contribution is -2.50. The van der Waals surface area contributed by atoms with E-state index in [0.717, 1.165) is 32.5 Å². The van der Waals surface area contributed by atoms with E-state index >= 15 is 0 Å². The molecule has 0 amide bonds. The lowest BCUT2D eigenvalue weighted by molar-refractivity contribution is 0.0759. The highest BCUT2D eigenvalue weighted by atomic mass is 16.3. The van der Waals surface area contributed by atoms with Gasteiger partial charge in [0.25, 0.3) is 0 Å². The minimum Gasteiger partial charge on any atom is -0.392 e. The monoisotopic (exact) mass is 288 g/mol. The number of hydrogen-bond donors (Lipinski definition) is 2. The normalized spacial score (nSPS) is 28.6. The standard InChI is InChI=1S/C18H28N2O/c21-18-9-5-4-8-17(18)19-16-10-12-20(13-11-16)14-15-6-2-1-3-7-15/h1-3,6-7,16-19,21H,4-5,8-14H2. The van der Waals surface area contributed by atoms with Gasteiger partial charge in [0.05, 0.1) is 6.10 Å². The number of likely N-dealkylation sites (tertiary alicyclic amines) is 1. The van der Waals surface area contributed by atoms with Crippen molar-refractivity contribution in [2.24, 2.45) is 0 Å². The molecule has 1 saturated heterocycles. The smallest absolute Gasteiger partial charge is 0.0693 e. The molecule has 116 valence electrons. The molecule has 3 nitrogen and oxygen atoms in total. The van der Waals surface area contributed by atoms with E-state index in [1.54, 1.807) is 0 Å². The summed E-state index contributed by atoms with van der Waals surface area (Å²) in [6.45, 7) is 3.39.